The summed E-state index contributed by atoms with van der Waals surface area (Å²) in [7, 11) is 4.15. The number of hydrogen-bond donors (Lipinski definition) is 0. The van der Waals surface area contributed by atoms with Crippen LogP contribution in [0.2, 0.25) is 0 Å². The summed E-state index contributed by atoms with van der Waals surface area (Å²) in [5, 5.41) is 0. The second kappa shape index (κ2) is 2.92. The molecule has 1 atom stereocenters. The number of hydrogen-bond acceptors (Lipinski definition) is 1. The third kappa shape index (κ3) is 2.52. The van der Waals surface area contributed by atoms with Crippen LogP contribution in [0.4, 0.5) is 0 Å². The Morgan fingerprint density at radius 3 is 1.86 bits per heavy atom. The van der Waals surface area contributed by atoms with Crippen LogP contribution in [0, 0.1) is 6.42 Å². The Morgan fingerprint density at radius 2 is 1.86 bits per heavy atom. The maximum Gasteiger partial charge on any atom is 0.147 e. The fourth-order valence-corrected chi connectivity index (χ4v) is 0.298. The zero-order valence-corrected chi connectivity index (χ0v) is 5.60. The zero-order chi connectivity index (χ0) is 5.86. The van der Waals surface area contributed by atoms with Gasteiger partial charge in [-0.2, -0.15) is 0 Å². The lowest BCUT2D eigenvalue weighted by molar-refractivity contribution is 0.347. The maximum absolute atomic E-state index is 2.17. The smallest absolute Gasteiger partial charge is 0.147 e. The largest absolute Gasteiger partial charge is 0.269 e. The Kier molecular flexibility index (Phi) is 2.84. The number of rotatable bonds is 2. The Morgan fingerprint density at radius 1 is 1.43 bits per heavy atom. The van der Waals surface area contributed by atoms with E-state index in [0.717, 1.165) is 0 Å². The fraction of sp³-hybridized carbons (Fsp3) is 0.833. The third-order valence-corrected chi connectivity index (χ3v) is 1.30. The van der Waals surface area contributed by atoms with Crippen LogP contribution < -0.4 is 0 Å². The van der Waals surface area contributed by atoms with Gasteiger partial charge in [0, 0.05) is 0 Å². The lowest BCUT2D eigenvalue weighted by Gasteiger charge is -2.09. The minimum Gasteiger partial charge on any atom is -0.269 e. The molecule has 42 valence electrons. The quantitative estimate of drug-likeness (QED) is 0.471. The van der Waals surface area contributed by atoms with Gasteiger partial charge in [-0.15, -0.1) is 0 Å². The van der Waals surface area contributed by atoms with Crippen molar-refractivity contribution in [3.63, 3.8) is 0 Å². The first kappa shape index (κ1) is 6.83. The van der Waals surface area contributed by atoms with Crippen molar-refractivity contribution < 1.29 is 0 Å². The molecule has 0 spiro atoms. The van der Waals surface area contributed by atoms with E-state index in [2.05, 4.69) is 39.3 Å². The molecule has 0 fully saturated rings. The van der Waals surface area contributed by atoms with E-state index in [9.17, 15) is 0 Å². The molecule has 0 bridgehead atoms. The normalized spacial score (nSPS) is 14.4. The first-order valence-corrected chi connectivity index (χ1v) is 2.64. The molecule has 0 aromatic heterocycles. The van der Waals surface area contributed by atoms with Crippen LogP contribution in [0.25, 0.3) is 0 Å². The van der Waals surface area contributed by atoms with Crippen molar-refractivity contribution in [2.45, 2.75) is 19.9 Å². The summed E-state index contributed by atoms with van der Waals surface area (Å²) < 4.78 is 0. The second-order valence-electron chi connectivity index (χ2n) is 2.04. The average Bonchev–Trinajstić information content (AvgIpc) is 1.65. The van der Waals surface area contributed by atoms with Crippen molar-refractivity contribution in [2.24, 2.45) is 0 Å². The van der Waals surface area contributed by atoms with Crippen molar-refractivity contribution in [3.8, 4) is 0 Å². The topological polar surface area (TPSA) is 3.24 Å². The first-order chi connectivity index (χ1) is 3.18. The summed E-state index contributed by atoms with van der Waals surface area (Å²) in [5.41, 5.74) is 0. The lowest BCUT2D eigenvalue weighted by atomic mass is 10.2. The van der Waals surface area contributed by atoms with Crippen LogP contribution >= 0.6 is 0 Å². The minimum absolute atomic E-state index is 0.611. The van der Waals surface area contributed by atoms with Crippen LogP contribution in [0.3, 0.4) is 0 Å². The first-order valence-electron chi connectivity index (χ1n) is 2.64. The molecular formula is C6H14N+. The van der Waals surface area contributed by atoms with Crippen molar-refractivity contribution >= 4 is 0 Å². The van der Waals surface area contributed by atoms with Gasteiger partial charge in [-0.05, 0) is 21.0 Å². The summed E-state index contributed by atoms with van der Waals surface area (Å²) in [6.07, 6.45) is 2.17. The third-order valence-electron chi connectivity index (χ3n) is 1.30. The molecule has 0 heterocycles. The van der Waals surface area contributed by atoms with Gasteiger partial charge < -0.3 is 0 Å². The van der Waals surface area contributed by atoms with E-state index in [4.69, 9.17) is 0 Å². The van der Waals surface area contributed by atoms with Gasteiger partial charge in [0.2, 0.25) is 0 Å². The van der Waals surface area contributed by atoms with E-state index in [1.165, 1.54) is 0 Å². The van der Waals surface area contributed by atoms with Gasteiger partial charge in [-0.3, -0.25) is 4.90 Å². The summed E-state index contributed by atoms with van der Waals surface area (Å²) in [6, 6.07) is 0.611. The Balaban J connectivity index is 3.14. The molecule has 0 saturated carbocycles. The Bertz CT molecular complexity index is 41.4. The van der Waals surface area contributed by atoms with Crippen molar-refractivity contribution in [3.05, 3.63) is 6.42 Å². The molecule has 1 nitrogen and oxygen atoms in total. The van der Waals surface area contributed by atoms with Gasteiger partial charge in [-0.25, -0.2) is 0 Å². The highest BCUT2D eigenvalue weighted by atomic mass is 15.1. The fourth-order valence-electron chi connectivity index (χ4n) is 0.298. The van der Waals surface area contributed by atoms with E-state index in [0.29, 0.717) is 6.04 Å². The Labute approximate surface area is 46.3 Å². The second-order valence-corrected chi connectivity index (χ2v) is 2.04. The molecule has 7 heavy (non-hydrogen) atoms. The molecular weight excluding hydrogens is 86.1 g/mol. The van der Waals surface area contributed by atoms with Crippen LogP contribution in [0.1, 0.15) is 13.8 Å². The average molecular weight is 100 g/mol. The summed E-state index contributed by atoms with van der Waals surface area (Å²) in [6.45, 7) is 4.24. The van der Waals surface area contributed by atoms with E-state index >= 15 is 0 Å². The minimum atomic E-state index is 0.611. The zero-order valence-electron chi connectivity index (χ0n) is 5.60. The predicted molar refractivity (Wildman–Crippen MR) is 33.1 cm³/mol. The molecule has 0 aliphatic rings. The molecule has 0 radical (unpaired) electrons. The maximum atomic E-state index is 2.17. The summed E-state index contributed by atoms with van der Waals surface area (Å²) in [5.74, 6) is 0. The van der Waals surface area contributed by atoms with Crippen molar-refractivity contribution in [1.29, 1.82) is 0 Å². The van der Waals surface area contributed by atoms with E-state index in [1.807, 2.05) is 0 Å². The molecule has 0 aromatic carbocycles. The van der Waals surface area contributed by atoms with Crippen molar-refractivity contribution in [1.82, 2.24) is 4.90 Å². The van der Waals surface area contributed by atoms with Crippen LogP contribution in [-0.4, -0.2) is 25.0 Å². The molecule has 0 aliphatic carbocycles. The highest BCUT2D eigenvalue weighted by molar-refractivity contribution is 4.71. The van der Waals surface area contributed by atoms with Gasteiger partial charge in [0.25, 0.3) is 0 Å². The van der Waals surface area contributed by atoms with E-state index in [1.54, 1.807) is 0 Å². The monoisotopic (exact) mass is 100 g/mol. The molecule has 0 N–H and O–H groups in total. The predicted octanol–water partition coefficient (Wildman–Crippen LogP) is 1.16. The molecule has 0 rings (SSSR count). The Hall–Kier alpha value is -0.170. The van der Waals surface area contributed by atoms with Crippen LogP contribution in [0.15, 0.2) is 0 Å². The van der Waals surface area contributed by atoms with Gasteiger partial charge in [0.15, 0.2) is 0 Å². The molecule has 1 unspecified atom stereocenters. The highest BCUT2D eigenvalue weighted by Crippen LogP contribution is 1.92. The highest BCUT2D eigenvalue weighted by Gasteiger charge is 2.06. The van der Waals surface area contributed by atoms with Crippen LogP contribution in [-0.2, 0) is 0 Å². The lowest BCUT2D eigenvalue weighted by Crippen LogP contribution is -2.23. The SMILES string of the molecule is C[CH+]C(C)N(C)C. The van der Waals surface area contributed by atoms with Gasteiger partial charge >= 0.3 is 0 Å². The molecule has 0 aromatic rings. The molecule has 0 aliphatic heterocycles. The summed E-state index contributed by atoms with van der Waals surface area (Å²) >= 11 is 0. The molecule has 0 amide bonds. The number of nitrogens with zero attached hydrogens (tertiary/aromatic N) is 1. The van der Waals surface area contributed by atoms with Crippen molar-refractivity contribution in [2.75, 3.05) is 14.1 Å². The molecule has 0 saturated heterocycles. The standard InChI is InChI=1S/C6H14N/c1-5-6(2)7(3)4/h5-6H,1-4H3/q+1. The van der Waals surface area contributed by atoms with Gasteiger partial charge in [0.05, 0.1) is 13.3 Å². The van der Waals surface area contributed by atoms with Gasteiger partial charge in [0.1, 0.15) is 6.04 Å². The van der Waals surface area contributed by atoms with Crippen LogP contribution in [0.5, 0.6) is 0 Å². The van der Waals surface area contributed by atoms with E-state index < -0.39 is 0 Å². The molecule has 1 heteroatoms. The summed E-state index contributed by atoms with van der Waals surface area (Å²) in [4.78, 5) is 2.17. The van der Waals surface area contributed by atoms with Gasteiger partial charge in [-0.1, -0.05) is 0 Å². The van der Waals surface area contributed by atoms with E-state index in [-0.39, 0.29) is 0 Å².